The number of aromatic hydroxyl groups is 1. The van der Waals surface area contributed by atoms with Crippen LogP contribution in [0.15, 0.2) is 24.5 Å². The molecule has 0 fully saturated rings. The van der Waals surface area contributed by atoms with Gasteiger partial charge in [-0.05, 0) is 31.5 Å². The molecule has 112 valence electrons. The molecule has 1 amide bonds. The maximum Gasteiger partial charge on any atom is 0.255 e. The molecular weight excluding hydrogens is 282 g/mol. The summed E-state index contributed by atoms with van der Waals surface area (Å²) >= 11 is 0. The van der Waals surface area contributed by atoms with Crippen LogP contribution in [0.25, 0.3) is 0 Å². The van der Waals surface area contributed by atoms with Gasteiger partial charge in [-0.3, -0.25) is 19.6 Å². The zero-order valence-electron chi connectivity index (χ0n) is 12.3. The van der Waals surface area contributed by atoms with Crippen molar-refractivity contribution >= 4 is 12.2 Å². The van der Waals surface area contributed by atoms with Crippen molar-refractivity contribution in [2.75, 3.05) is 0 Å². The molecule has 1 aliphatic heterocycles. The third-order valence-electron chi connectivity index (χ3n) is 4.02. The predicted octanol–water partition coefficient (Wildman–Crippen LogP) is 2.02. The van der Waals surface area contributed by atoms with E-state index in [1.807, 2.05) is 6.92 Å². The second-order valence-electron chi connectivity index (χ2n) is 5.34. The van der Waals surface area contributed by atoms with Crippen molar-refractivity contribution in [3.8, 4) is 5.75 Å². The number of amides is 1. The Morgan fingerprint density at radius 1 is 1.41 bits per heavy atom. The van der Waals surface area contributed by atoms with Crippen LogP contribution in [-0.4, -0.2) is 32.2 Å². The summed E-state index contributed by atoms with van der Waals surface area (Å²) in [6.45, 7) is 3.98. The molecule has 0 saturated heterocycles. The lowest BCUT2D eigenvalue weighted by atomic mass is 10.1. The number of nitrogens with zero attached hydrogens (tertiary/aromatic N) is 3. The number of aldehydes is 1. The Bertz CT molecular complexity index is 773. The minimum Gasteiger partial charge on any atom is -0.506 e. The lowest BCUT2D eigenvalue weighted by molar-refractivity contribution is 0.0711. The topological polar surface area (TPSA) is 83.4 Å². The summed E-state index contributed by atoms with van der Waals surface area (Å²) in [6, 6.07) is 3.13. The third-order valence-corrected chi connectivity index (χ3v) is 4.02. The number of fused-ring (bicyclic) bond motifs is 1. The van der Waals surface area contributed by atoms with Gasteiger partial charge in [-0.25, -0.2) is 0 Å². The minimum absolute atomic E-state index is 0.124. The van der Waals surface area contributed by atoms with E-state index in [4.69, 9.17) is 0 Å². The maximum atomic E-state index is 12.5. The first-order valence-electron chi connectivity index (χ1n) is 6.92. The van der Waals surface area contributed by atoms with Gasteiger partial charge in [0.05, 0.1) is 17.9 Å². The fourth-order valence-electron chi connectivity index (χ4n) is 2.65. The van der Waals surface area contributed by atoms with Crippen molar-refractivity contribution in [3.63, 3.8) is 0 Å². The normalized spacial score (nSPS) is 14.8. The summed E-state index contributed by atoms with van der Waals surface area (Å²) < 4.78 is 0. The highest BCUT2D eigenvalue weighted by Gasteiger charge is 2.33. The molecule has 0 saturated carbocycles. The fraction of sp³-hybridized carbons (Fsp3) is 0.250. The van der Waals surface area contributed by atoms with E-state index in [2.05, 4.69) is 9.97 Å². The van der Waals surface area contributed by atoms with Gasteiger partial charge in [-0.15, -0.1) is 0 Å². The standard InChI is InChI=1S/C16H15N3O3/c1-9-5-13(18-6-15(9)21)10(2)19-7-12-11(16(19)22)3-4-17-14(12)8-20/h3-6,8,10,21H,7H2,1-2H3. The molecule has 1 atom stereocenters. The Labute approximate surface area is 127 Å². The smallest absolute Gasteiger partial charge is 0.255 e. The van der Waals surface area contributed by atoms with E-state index in [-0.39, 0.29) is 17.7 Å². The summed E-state index contributed by atoms with van der Waals surface area (Å²) in [6.07, 6.45) is 3.52. The zero-order chi connectivity index (χ0) is 15.9. The van der Waals surface area contributed by atoms with Crippen LogP contribution < -0.4 is 0 Å². The van der Waals surface area contributed by atoms with Crippen LogP contribution in [0.4, 0.5) is 0 Å². The monoisotopic (exact) mass is 297 g/mol. The first-order chi connectivity index (χ1) is 10.5. The molecule has 1 N–H and O–H groups in total. The SMILES string of the molecule is Cc1cc(C(C)N2Cc3c(ccnc3C=O)C2=O)ncc1O. The van der Waals surface area contributed by atoms with E-state index in [0.717, 1.165) is 0 Å². The van der Waals surface area contributed by atoms with Crippen LogP contribution in [-0.2, 0) is 6.54 Å². The highest BCUT2D eigenvalue weighted by atomic mass is 16.3. The van der Waals surface area contributed by atoms with Crippen LogP contribution in [0, 0.1) is 6.92 Å². The van der Waals surface area contributed by atoms with Gasteiger partial charge in [0.15, 0.2) is 6.29 Å². The second kappa shape index (κ2) is 5.22. The van der Waals surface area contributed by atoms with Gasteiger partial charge in [0.2, 0.25) is 0 Å². The Morgan fingerprint density at radius 3 is 2.86 bits per heavy atom. The zero-order valence-corrected chi connectivity index (χ0v) is 12.3. The Kier molecular flexibility index (Phi) is 3.36. The number of carbonyl (C=O) groups is 2. The summed E-state index contributed by atoms with van der Waals surface area (Å²) in [7, 11) is 0. The van der Waals surface area contributed by atoms with E-state index in [0.29, 0.717) is 40.9 Å². The van der Waals surface area contributed by atoms with Crippen LogP contribution in [0.1, 0.15) is 50.6 Å². The molecule has 0 aliphatic carbocycles. The van der Waals surface area contributed by atoms with Crippen molar-refractivity contribution in [2.45, 2.75) is 26.4 Å². The van der Waals surface area contributed by atoms with Crippen molar-refractivity contribution in [2.24, 2.45) is 0 Å². The molecular formula is C16H15N3O3. The lowest BCUT2D eigenvalue weighted by Gasteiger charge is -2.24. The second-order valence-corrected chi connectivity index (χ2v) is 5.34. The van der Waals surface area contributed by atoms with Gasteiger partial charge in [-0.2, -0.15) is 0 Å². The molecule has 2 aromatic heterocycles. The summed E-state index contributed by atoms with van der Waals surface area (Å²) in [5, 5.41) is 9.56. The average Bonchev–Trinajstić information content (AvgIpc) is 2.86. The first kappa shape index (κ1) is 14.2. The lowest BCUT2D eigenvalue weighted by Crippen LogP contribution is -2.27. The quantitative estimate of drug-likeness (QED) is 0.876. The number of aromatic nitrogens is 2. The van der Waals surface area contributed by atoms with Crippen molar-refractivity contribution < 1.29 is 14.7 Å². The maximum absolute atomic E-state index is 12.5. The van der Waals surface area contributed by atoms with Crippen LogP contribution >= 0.6 is 0 Å². The molecule has 2 aromatic rings. The van der Waals surface area contributed by atoms with Gasteiger partial charge >= 0.3 is 0 Å². The molecule has 0 aromatic carbocycles. The minimum atomic E-state index is -0.265. The van der Waals surface area contributed by atoms with E-state index in [1.165, 1.54) is 12.4 Å². The molecule has 0 radical (unpaired) electrons. The largest absolute Gasteiger partial charge is 0.506 e. The number of carbonyl (C=O) groups excluding carboxylic acids is 2. The summed E-state index contributed by atoms with van der Waals surface area (Å²) in [5.41, 5.74) is 2.87. The van der Waals surface area contributed by atoms with Crippen molar-refractivity contribution in [1.82, 2.24) is 14.9 Å². The molecule has 22 heavy (non-hydrogen) atoms. The van der Waals surface area contributed by atoms with Gasteiger partial charge in [-0.1, -0.05) is 0 Å². The molecule has 6 heteroatoms. The first-order valence-corrected chi connectivity index (χ1v) is 6.92. The highest BCUT2D eigenvalue weighted by Crippen LogP contribution is 2.32. The van der Waals surface area contributed by atoms with Gasteiger partial charge in [0.25, 0.3) is 5.91 Å². The number of aryl methyl sites for hydroxylation is 1. The third kappa shape index (κ3) is 2.13. The van der Waals surface area contributed by atoms with Gasteiger partial charge < -0.3 is 10.0 Å². The molecule has 1 unspecified atom stereocenters. The molecule has 3 rings (SSSR count). The van der Waals surface area contributed by atoms with Crippen LogP contribution in [0.2, 0.25) is 0 Å². The van der Waals surface area contributed by atoms with Crippen molar-refractivity contribution in [1.29, 1.82) is 0 Å². The molecule has 0 spiro atoms. The number of pyridine rings is 2. The highest BCUT2D eigenvalue weighted by molar-refractivity contribution is 6.00. The van der Waals surface area contributed by atoms with E-state index < -0.39 is 0 Å². The van der Waals surface area contributed by atoms with Crippen LogP contribution in [0.3, 0.4) is 0 Å². The van der Waals surface area contributed by atoms with Crippen molar-refractivity contribution in [3.05, 3.63) is 52.6 Å². The molecule has 6 nitrogen and oxygen atoms in total. The fourth-order valence-corrected chi connectivity index (χ4v) is 2.65. The molecule has 1 aliphatic rings. The number of hydrogen-bond donors (Lipinski definition) is 1. The summed E-state index contributed by atoms with van der Waals surface area (Å²) in [4.78, 5) is 33.5. The molecule has 3 heterocycles. The number of rotatable bonds is 3. The van der Waals surface area contributed by atoms with E-state index in [1.54, 1.807) is 24.0 Å². The Morgan fingerprint density at radius 2 is 2.18 bits per heavy atom. The van der Waals surface area contributed by atoms with E-state index >= 15 is 0 Å². The predicted molar refractivity (Wildman–Crippen MR) is 78.6 cm³/mol. The van der Waals surface area contributed by atoms with E-state index in [9.17, 15) is 14.7 Å². The Hall–Kier alpha value is -2.76. The average molecular weight is 297 g/mol. The molecule has 0 bridgehead atoms. The Balaban J connectivity index is 1.95. The van der Waals surface area contributed by atoms with Gasteiger partial charge in [0, 0.05) is 23.9 Å². The summed E-state index contributed by atoms with van der Waals surface area (Å²) in [5.74, 6) is -0.0139. The van der Waals surface area contributed by atoms with Crippen LogP contribution in [0.5, 0.6) is 5.75 Å². The van der Waals surface area contributed by atoms with Gasteiger partial charge in [0.1, 0.15) is 11.4 Å². The number of hydrogen-bond acceptors (Lipinski definition) is 5.